The molecule has 1 aliphatic carbocycles. The minimum atomic E-state index is -0.00471. The lowest BCUT2D eigenvalue weighted by atomic mass is 9.89. The number of imidazole rings is 2. The second kappa shape index (κ2) is 8.51. The van der Waals surface area contributed by atoms with Crippen molar-refractivity contribution in [1.82, 2.24) is 29.6 Å². The van der Waals surface area contributed by atoms with Gasteiger partial charge in [-0.25, -0.2) is 9.97 Å². The number of benzene rings is 1. The molecule has 1 saturated carbocycles. The number of para-hydroxylation sites is 2. The molecule has 7 heteroatoms. The van der Waals surface area contributed by atoms with Gasteiger partial charge in [-0.15, -0.1) is 0 Å². The highest BCUT2D eigenvalue weighted by Gasteiger charge is 2.30. The molecule has 4 aromatic rings. The number of nitrogens with zero attached hydrogens (tertiary/aromatic N) is 4. The third-order valence-electron chi connectivity index (χ3n) is 6.34. The van der Waals surface area contributed by atoms with Gasteiger partial charge in [-0.2, -0.15) is 0 Å². The van der Waals surface area contributed by atoms with Gasteiger partial charge in [0.1, 0.15) is 0 Å². The van der Waals surface area contributed by atoms with Gasteiger partial charge in [0, 0.05) is 31.4 Å². The van der Waals surface area contributed by atoms with E-state index >= 15 is 0 Å². The number of hydrogen-bond donors (Lipinski definition) is 2. The summed E-state index contributed by atoms with van der Waals surface area (Å²) >= 11 is 0. The van der Waals surface area contributed by atoms with E-state index in [9.17, 15) is 4.79 Å². The molecule has 0 aliphatic heterocycles. The molecular weight excluding hydrogens is 388 g/mol. The summed E-state index contributed by atoms with van der Waals surface area (Å²) in [5, 5.41) is 3.71. The molecule has 31 heavy (non-hydrogen) atoms. The van der Waals surface area contributed by atoms with E-state index in [1.165, 1.54) is 5.56 Å². The second-order valence-corrected chi connectivity index (χ2v) is 8.36. The number of carbonyl (C=O) groups excluding carboxylic acids is 1. The quantitative estimate of drug-likeness (QED) is 0.501. The first-order chi connectivity index (χ1) is 15.2. The second-order valence-electron chi connectivity index (χ2n) is 8.36. The normalized spacial score (nSPS) is 19.1. The molecule has 0 spiro atoms. The number of carbonyl (C=O) groups is 1. The first-order valence-electron chi connectivity index (χ1n) is 11.1. The van der Waals surface area contributed by atoms with Crippen LogP contribution in [-0.4, -0.2) is 48.8 Å². The van der Waals surface area contributed by atoms with Crippen molar-refractivity contribution >= 4 is 22.5 Å². The van der Waals surface area contributed by atoms with Gasteiger partial charge in [-0.3, -0.25) is 4.79 Å². The molecule has 3 aromatic heterocycles. The van der Waals surface area contributed by atoms with Crippen LogP contribution in [0.3, 0.4) is 0 Å². The maximum absolute atomic E-state index is 13.2. The molecule has 0 bridgehead atoms. The molecule has 5 rings (SSSR count). The standard InChI is InChI=1S/C24H28N6O/c1-2-30(24(31)23-27-21-8-3-4-9-22(21)28-23)19-7-5-6-18(12-19)26-13-17-10-11-20-14-25-16-29(20)15-17/h3-4,8-11,14-16,18-19,26H,2,5-7,12-13H2,1H3,(H,27,28). The Morgan fingerprint density at radius 1 is 1.26 bits per heavy atom. The van der Waals surface area contributed by atoms with Crippen LogP contribution in [0.25, 0.3) is 16.6 Å². The summed E-state index contributed by atoms with van der Waals surface area (Å²) < 4.78 is 2.05. The van der Waals surface area contributed by atoms with E-state index in [2.05, 4.69) is 45.5 Å². The highest BCUT2D eigenvalue weighted by molar-refractivity contribution is 5.94. The zero-order valence-corrected chi connectivity index (χ0v) is 17.8. The number of aromatic nitrogens is 4. The Hall–Kier alpha value is -3.19. The van der Waals surface area contributed by atoms with Crippen LogP contribution in [-0.2, 0) is 6.54 Å². The maximum Gasteiger partial charge on any atom is 0.289 e. The third-order valence-corrected chi connectivity index (χ3v) is 6.34. The van der Waals surface area contributed by atoms with Crippen molar-refractivity contribution in [1.29, 1.82) is 0 Å². The Kier molecular flexibility index (Phi) is 5.42. The molecule has 0 radical (unpaired) electrons. The van der Waals surface area contributed by atoms with Gasteiger partial charge in [-0.05, 0) is 56.4 Å². The summed E-state index contributed by atoms with van der Waals surface area (Å²) in [6.45, 7) is 3.55. The average molecular weight is 417 g/mol. The van der Waals surface area contributed by atoms with Gasteiger partial charge in [0.2, 0.25) is 0 Å². The monoisotopic (exact) mass is 416 g/mol. The van der Waals surface area contributed by atoms with Crippen LogP contribution >= 0.6 is 0 Å². The van der Waals surface area contributed by atoms with Crippen LogP contribution in [0, 0.1) is 0 Å². The maximum atomic E-state index is 13.2. The lowest BCUT2D eigenvalue weighted by Crippen LogP contribution is -2.47. The third kappa shape index (κ3) is 4.05. The number of nitrogens with one attached hydrogen (secondary N) is 2. The number of rotatable bonds is 6. The van der Waals surface area contributed by atoms with Crippen LogP contribution < -0.4 is 5.32 Å². The largest absolute Gasteiger partial charge is 0.334 e. The molecule has 0 saturated heterocycles. The number of hydrogen-bond acceptors (Lipinski definition) is 4. The van der Waals surface area contributed by atoms with Crippen molar-refractivity contribution in [3.05, 3.63) is 66.5 Å². The topological polar surface area (TPSA) is 78.3 Å². The number of amides is 1. The molecule has 7 nitrogen and oxygen atoms in total. The van der Waals surface area contributed by atoms with Crippen LogP contribution in [0.15, 0.2) is 55.1 Å². The Morgan fingerprint density at radius 2 is 2.16 bits per heavy atom. The zero-order valence-electron chi connectivity index (χ0n) is 17.8. The van der Waals surface area contributed by atoms with Crippen molar-refractivity contribution in [2.24, 2.45) is 0 Å². The first-order valence-corrected chi connectivity index (χ1v) is 11.1. The summed E-state index contributed by atoms with van der Waals surface area (Å²) in [6.07, 6.45) is 10.1. The van der Waals surface area contributed by atoms with Crippen molar-refractivity contribution in [2.75, 3.05) is 6.54 Å². The summed E-state index contributed by atoms with van der Waals surface area (Å²) in [4.78, 5) is 27.1. The van der Waals surface area contributed by atoms with Gasteiger partial charge < -0.3 is 19.6 Å². The van der Waals surface area contributed by atoms with Gasteiger partial charge >= 0.3 is 0 Å². The predicted molar refractivity (Wildman–Crippen MR) is 121 cm³/mol. The first kappa shape index (κ1) is 19.8. The van der Waals surface area contributed by atoms with Crippen molar-refractivity contribution < 1.29 is 4.79 Å². The fourth-order valence-electron chi connectivity index (χ4n) is 4.72. The van der Waals surface area contributed by atoms with E-state index in [0.29, 0.717) is 18.4 Å². The lowest BCUT2D eigenvalue weighted by molar-refractivity contribution is 0.0617. The summed E-state index contributed by atoms with van der Waals surface area (Å²) in [6, 6.07) is 12.7. The van der Waals surface area contributed by atoms with Crippen LogP contribution in [0.2, 0.25) is 0 Å². The molecule has 2 atom stereocenters. The molecule has 1 amide bonds. The van der Waals surface area contributed by atoms with Crippen LogP contribution in [0.1, 0.15) is 48.8 Å². The van der Waals surface area contributed by atoms with Crippen molar-refractivity contribution in [3.63, 3.8) is 0 Å². The molecule has 2 unspecified atom stereocenters. The Labute approximate surface area is 181 Å². The molecule has 1 aliphatic rings. The molecule has 2 N–H and O–H groups in total. The lowest BCUT2D eigenvalue weighted by Gasteiger charge is -2.37. The fourth-order valence-corrected chi connectivity index (χ4v) is 4.72. The molecule has 160 valence electrons. The summed E-state index contributed by atoms with van der Waals surface area (Å²) in [5.74, 6) is 0.432. The van der Waals surface area contributed by atoms with E-state index in [4.69, 9.17) is 0 Å². The highest BCUT2D eigenvalue weighted by Crippen LogP contribution is 2.25. The Bertz CT molecular complexity index is 1160. The molecule has 1 fully saturated rings. The van der Waals surface area contributed by atoms with Gasteiger partial charge in [0.15, 0.2) is 5.82 Å². The van der Waals surface area contributed by atoms with Crippen molar-refractivity contribution in [3.8, 4) is 0 Å². The fraction of sp³-hybridized carbons (Fsp3) is 0.375. The summed E-state index contributed by atoms with van der Waals surface area (Å²) in [7, 11) is 0. The number of fused-ring (bicyclic) bond motifs is 2. The minimum absolute atomic E-state index is 0.00471. The number of H-pyrrole nitrogens is 1. The molecular formula is C24H28N6O. The Balaban J connectivity index is 1.25. The highest BCUT2D eigenvalue weighted by atomic mass is 16.2. The van der Waals surface area contributed by atoms with E-state index in [1.54, 1.807) is 0 Å². The predicted octanol–water partition coefficient (Wildman–Crippen LogP) is 3.77. The van der Waals surface area contributed by atoms with E-state index in [0.717, 1.165) is 48.8 Å². The number of pyridine rings is 1. The average Bonchev–Trinajstić information content (AvgIpc) is 3.45. The van der Waals surface area contributed by atoms with Crippen LogP contribution in [0.4, 0.5) is 0 Å². The van der Waals surface area contributed by atoms with E-state index in [1.807, 2.05) is 46.1 Å². The smallest absolute Gasteiger partial charge is 0.289 e. The molecule has 3 heterocycles. The van der Waals surface area contributed by atoms with Gasteiger partial charge in [-0.1, -0.05) is 18.2 Å². The number of aromatic amines is 1. The zero-order chi connectivity index (χ0) is 21.2. The van der Waals surface area contributed by atoms with Gasteiger partial charge in [0.05, 0.1) is 29.1 Å². The molecule has 1 aromatic carbocycles. The van der Waals surface area contributed by atoms with Crippen LogP contribution in [0.5, 0.6) is 0 Å². The minimum Gasteiger partial charge on any atom is -0.334 e. The Morgan fingerprint density at radius 3 is 3.03 bits per heavy atom. The van der Waals surface area contributed by atoms with E-state index in [-0.39, 0.29) is 11.9 Å². The summed E-state index contributed by atoms with van der Waals surface area (Å²) in [5.41, 5.74) is 4.07. The van der Waals surface area contributed by atoms with Gasteiger partial charge in [0.25, 0.3) is 5.91 Å². The van der Waals surface area contributed by atoms with E-state index < -0.39 is 0 Å². The SMILES string of the molecule is CCN(C(=O)c1nc2ccccc2[nH]1)C1CCCC(NCc2ccc3cncn3c2)C1. The van der Waals surface area contributed by atoms with Crippen molar-refractivity contribution in [2.45, 2.75) is 51.2 Å².